The van der Waals surface area contributed by atoms with Gasteiger partial charge in [0.25, 0.3) is 5.69 Å². The van der Waals surface area contributed by atoms with Crippen LogP contribution in [-0.4, -0.2) is 54.6 Å². The summed E-state index contributed by atoms with van der Waals surface area (Å²) >= 11 is 0. The Hall–Kier alpha value is -2.00. The monoisotopic (exact) mass is 395 g/mol. The molecule has 148 valence electrons. The smallest absolute Gasteiger partial charge is 0.273 e. The van der Waals surface area contributed by atoms with E-state index in [2.05, 4.69) is 0 Å². The number of carbonyl (C=O) groups is 1. The first-order valence-corrected chi connectivity index (χ1v) is 10.8. The van der Waals surface area contributed by atoms with Crippen molar-refractivity contribution in [2.45, 2.75) is 43.9 Å². The van der Waals surface area contributed by atoms with Crippen molar-refractivity contribution >= 4 is 21.6 Å². The molecule has 0 bridgehead atoms. The molecule has 1 aromatic rings. The van der Waals surface area contributed by atoms with E-state index in [1.54, 1.807) is 11.8 Å². The molecule has 0 atom stereocenters. The molecular formula is C18H25N3O5S. The average Bonchev–Trinajstić information content (AvgIpc) is 2.68. The van der Waals surface area contributed by atoms with Crippen LogP contribution >= 0.6 is 0 Å². The van der Waals surface area contributed by atoms with Gasteiger partial charge in [0.1, 0.15) is 0 Å². The van der Waals surface area contributed by atoms with Crippen molar-refractivity contribution in [3.63, 3.8) is 0 Å². The van der Waals surface area contributed by atoms with Gasteiger partial charge in [-0.3, -0.25) is 14.9 Å². The normalized spacial score (nSPS) is 19.8. The van der Waals surface area contributed by atoms with Crippen molar-refractivity contribution in [1.82, 2.24) is 9.21 Å². The average molecular weight is 395 g/mol. The molecular weight excluding hydrogens is 370 g/mol. The molecule has 1 saturated heterocycles. The maximum Gasteiger partial charge on any atom is 0.273 e. The molecule has 0 spiro atoms. The fraction of sp³-hybridized carbons (Fsp3) is 0.611. The summed E-state index contributed by atoms with van der Waals surface area (Å²) < 4.78 is 27.0. The van der Waals surface area contributed by atoms with Crippen LogP contribution in [0.3, 0.4) is 0 Å². The predicted molar refractivity (Wildman–Crippen MR) is 99.7 cm³/mol. The van der Waals surface area contributed by atoms with E-state index >= 15 is 0 Å². The highest BCUT2D eigenvalue weighted by atomic mass is 32.2. The van der Waals surface area contributed by atoms with Crippen LogP contribution in [0.25, 0.3) is 0 Å². The first-order valence-electron chi connectivity index (χ1n) is 9.34. The van der Waals surface area contributed by atoms with E-state index < -0.39 is 14.9 Å². The number of sulfonamides is 1. The van der Waals surface area contributed by atoms with E-state index in [0.717, 1.165) is 31.7 Å². The molecule has 0 unspecified atom stereocenters. The number of benzene rings is 1. The number of nitro groups is 1. The van der Waals surface area contributed by atoms with Crippen LogP contribution in [0.15, 0.2) is 23.1 Å². The summed E-state index contributed by atoms with van der Waals surface area (Å²) in [5, 5.41) is 11.1. The molecule has 3 rings (SSSR count). The second kappa shape index (κ2) is 7.93. The summed E-state index contributed by atoms with van der Waals surface area (Å²) in [7, 11) is -3.82. The van der Waals surface area contributed by atoms with Gasteiger partial charge in [0, 0.05) is 43.7 Å². The Labute approximate surface area is 159 Å². The van der Waals surface area contributed by atoms with Gasteiger partial charge in [-0.25, -0.2) is 8.42 Å². The highest BCUT2D eigenvalue weighted by Gasteiger charge is 2.33. The number of nitro benzene ring substituents is 1. The number of aryl methyl sites for hydroxylation is 1. The van der Waals surface area contributed by atoms with Crippen molar-refractivity contribution in [3.8, 4) is 0 Å². The maximum atomic E-state index is 12.9. The van der Waals surface area contributed by atoms with Gasteiger partial charge in [0.15, 0.2) is 0 Å². The summed E-state index contributed by atoms with van der Waals surface area (Å²) in [6.45, 7) is 2.72. The van der Waals surface area contributed by atoms with E-state index in [0.29, 0.717) is 18.7 Å². The summed E-state index contributed by atoms with van der Waals surface area (Å²) in [4.78, 5) is 24.8. The molecule has 0 aromatic heterocycles. The van der Waals surface area contributed by atoms with E-state index in [4.69, 9.17) is 0 Å². The van der Waals surface area contributed by atoms with Gasteiger partial charge >= 0.3 is 0 Å². The maximum absolute atomic E-state index is 12.9. The minimum absolute atomic E-state index is 0.0710. The molecule has 1 amide bonds. The van der Waals surface area contributed by atoms with Gasteiger partial charge in [-0.1, -0.05) is 25.3 Å². The zero-order chi connectivity index (χ0) is 19.6. The topological polar surface area (TPSA) is 101 Å². The molecule has 2 fully saturated rings. The van der Waals surface area contributed by atoms with Crippen LogP contribution in [0.1, 0.15) is 37.7 Å². The van der Waals surface area contributed by atoms with Crippen molar-refractivity contribution in [2.75, 3.05) is 26.2 Å². The van der Waals surface area contributed by atoms with Gasteiger partial charge < -0.3 is 4.90 Å². The van der Waals surface area contributed by atoms with Crippen molar-refractivity contribution in [3.05, 3.63) is 33.9 Å². The van der Waals surface area contributed by atoms with Crippen molar-refractivity contribution in [1.29, 1.82) is 0 Å². The van der Waals surface area contributed by atoms with E-state index in [1.807, 2.05) is 0 Å². The predicted octanol–water partition coefficient (Wildman–Crippen LogP) is 2.32. The zero-order valence-electron chi connectivity index (χ0n) is 15.5. The largest absolute Gasteiger partial charge is 0.340 e. The number of hydrogen-bond acceptors (Lipinski definition) is 5. The minimum Gasteiger partial charge on any atom is -0.340 e. The molecule has 1 aliphatic heterocycles. The van der Waals surface area contributed by atoms with Crippen LogP contribution in [0.2, 0.25) is 0 Å². The van der Waals surface area contributed by atoms with Gasteiger partial charge in [0.2, 0.25) is 15.9 Å². The molecule has 2 aliphatic rings. The highest BCUT2D eigenvalue weighted by molar-refractivity contribution is 7.89. The Morgan fingerprint density at radius 3 is 2.33 bits per heavy atom. The quantitative estimate of drug-likeness (QED) is 0.575. The Morgan fingerprint density at radius 1 is 1.11 bits per heavy atom. The third-order valence-corrected chi connectivity index (χ3v) is 7.41. The van der Waals surface area contributed by atoms with Crippen LogP contribution in [0.4, 0.5) is 5.69 Å². The first kappa shape index (κ1) is 19.8. The Balaban J connectivity index is 1.69. The van der Waals surface area contributed by atoms with Gasteiger partial charge in [0.05, 0.1) is 9.82 Å². The second-order valence-electron chi connectivity index (χ2n) is 7.27. The van der Waals surface area contributed by atoms with Gasteiger partial charge in [-0.05, 0) is 25.8 Å². The van der Waals surface area contributed by atoms with Crippen LogP contribution < -0.4 is 0 Å². The third kappa shape index (κ3) is 4.14. The lowest BCUT2D eigenvalue weighted by atomic mass is 9.88. The number of nitrogens with zero attached hydrogens (tertiary/aromatic N) is 3. The Morgan fingerprint density at radius 2 is 1.74 bits per heavy atom. The molecule has 9 heteroatoms. The standard InChI is InChI=1S/C18H25N3O5S/c1-14-7-8-16(13-17(14)21(23)24)27(25,26)20-11-9-19(10-12-20)18(22)15-5-3-2-4-6-15/h7-8,13,15H,2-6,9-12H2,1H3. The fourth-order valence-corrected chi connectivity index (χ4v) is 5.29. The summed E-state index contributed by atoms with van der Waals surface area (Å²) in [5.41, 5.74) is 0.212. The molecule has 1 heterocycles. The second-order valence-corrected chi connectivity index (χ2v) is 9.21. The fourth-order valence-electron chi connectivity index (χ4n) is 3.85. The van der Waals surface area contributed by atoms with E-state index in [1.165, 1.54) is 22.9 Å². The van der Waals surface area contributed by atoms with Crippen molar-refractivity contribution in [2.24, 2.45) is 5.92 Å². The Kier molecular flexibility index (Phi) is 5.81. The van der Waals surface area contributed by atoms with Gasteiger partial charge in [-0.15, -0.1) is 0 Å². The zero-order valence-corrected chi connectivity index (χ0v) is 16.3. The molecule has 1 aromatic carbocycles. The molecule has 0 N–H and O–H groups in total. The molecule has 27 heavy (non-hydrogen) atoms. The van der Waals surface area contributed by atoms with Crippen LogP contribution in [0, 0.1) is 23.0 Å². The summed E-state index contributed by atoms with van der Waals surface area (Å²) in [6.07, 6.45) is 5.18. The van der Waals surface area contributed by atoms with Crippen molar-refractivity contribution < 1.29 is 18.1 Å². The highest BCUT2D eigenvalue weighted by Crippen LogP contribution is 2.28. The van der Waals surface area contributed by atoms with Crippen LogP contribution in [0.5, 0.6) is 0 Å². The van der Waals surface area contributed by atoms with Crippen LogP contribution in [-0.2, 0) is 14.8 Å². The number of piperazine rings is 1. The minimum atomic E-state index is -3.82. The number of amides is 1. The lowest BCUT2D eigenvalue weighted by Gasteiger charge is -2.36. The number of hydrogen-bond donors (Lipinski definition) is 0. The third-order valence-electron chi connectivity index (χ3n) is 5.52. The lowest BCUT2D eigenvalue weighted by molar-refractivity contribution is -0.385. The summed E-state index contributed by atoms with van der Waals surface area (Å²) in [6, 6.07) is 3.97. The molecule has 1 saturated carbocycles. The van der Waals surface area contributed by atoms with Gasteiger partial charge in [-0.2, -0.15) is 4.31 Å². The Bertz CT molecular complexity index is 825. The number of rotatable bonds is 4. The first-order chi connectivity index (χ1) is 12.8. The molecule has 8 nitrogen and oxygen atoms in total. The molecule has 0 radical (unpaired) electrons. The lowest BCUT2D eigenvalue weighted by Crippen LogP contribution is -2.52. The van der Waals surface area contributed by atoms with E-state index in [9.17, 15) is 23.3 Å². The van der Waals surface area contributed by atoms with E-state index in [-0.39, 0.29) is 35.5 Å². The SMILES string of the molecule is Cc1ccc(S(=O)(=O)N2CCN(C(=O)C3CCCCC3)CC2)cc1[N+](=O)[O-]. The summed E-state index contributed by atoms with van der Waals surface area (Å²) in [5.74, 6) is 0.208. The number of carbonyl (C=O) groups excluding carboxylic acids is 1. The molecule has 1 aliphatic carbocycles.